The number of hydrogen-bond donors (Lipinski definition) is 0. The smallest absolute Gasteiger partial charge is 0.144 e. The van der Waals surface area contributed by atoms with E-state index in [0.29, 0.717) is 16.6 Å². The van der Waals surface area contributed by atoms with E-state index in [1.54, 1.807) is 6.20 Å². The Morgan fingerprint density at radius 2 is 1.27 bits per heavy atom. The lowest BCUT2D eigenvalue weighted by atomic mass is 9.99. The maximum absolute atomic E-state index is 4.22. The zero-order chi connectivity index (χ0) is 14.5. The van der Waals surface area contributed by atoms with Crippen LogP contribution >= 0.6 is 0 Å². The minimum Gasteiger partial charge on any atom is -0.158 e. The lowest BCUT2D eigenvalue weighted by Gasteiger charge is -2.07. The molecular weight excluding hydrogens is 276 g/mol. The van der Waals surface area contributed by atoms with Crippen LogP contribution in [0.25, 0.3) is 43.5 Å². The molecule has 3 aromatic carbocycles. The lowest BCUT2D eigenvalue weighted by molar-refractivity contribution is 0.799. The molecule has 0 unspecified atom stereocenters. The van der Waals surface area contributed by atoms with Crippen LogP contribution in [0.5, 0.6) is 0 Å². The molecule has 6 heteroatoms. The maximum atomic E-state index is 4.22. The monoisotopic (exact) mass is 284 g/mol. The Kier molecular flexibility index (Phi) is 2.13. The molecule has 0 bridgehead atoms. The molecule has 2 aromatic heterocycles. The van der Waals surface area contributed by atoms with Crippen LogP contribution in [-0.4, -0.2) is 30.8 Å². The molecule has 5 aromatic rings. The van der Waals surface area contributed by atoms with Crippen molar-refractivity contribution in [1.82, 2.24) is 30.8 Å². The van der Waals surface area contributed by atoms with E-state index in [4.69, 9.17) is 0 Å². The van der Waals surface area contributed by atoms with Gasteiger partial charge in [0.05, 0.1) is 6.20 Å². The van der Waals surface area contributed by atoms with Crippen molar-refractivity contribution in [3.8, 4) is 0 Å². The summed E-state index contributed by atoms with van der Waals surface area (Å²) in [5.41, 5.74) is 2.02. The molecule has 0 fully saturated rings. The van der Waals surface area contributed by atoms with Crippen molar-refractivity contribution in [2.24, 2.45) is 0 Å². The molecule has 22 heavy (non-hydrogen) atoms. The highest BCUT2D eigenvalue weighted by Crippen LogP contribution is 2.33. The number of benzene rings is 3. The second kappa shape index (κ2) is 4.11. The SMILES string of the molecule is c1ccc2cc3c(cc2c1)c1ccnnc1c1nnnnc31. The van der Waals surface area contributed by atoms with Crippen LogP contribution in [0.4, 0.5) is 0 Å². The zero-order valence-electron chi connectivity index (χ0n) is 11.3. The van der Waals surface area contributed by atoms with Gasteiger partial charge in [-0.1, -0.05) is 24.3 Å². The first-order chi connectivity index (χ1) is 10.9. The summed E-state index contributed by atoms with van der Waals surface area (Å²) in [6.45, 7) is 0. The molecule has 6 nitrogen and oxygen atoms in total. The van der Waals surface area contributed by atoms with E-state index < -0.39 is 0 Å². The van der Waals surface area contributed by atoms with Crippen molar-refractivity contribution in [1.29, 1.82) is 0 Å². The second-order valence-electron chi connectivity index (χ2n) is 5.11. The van der Waals surface area contributed by atoms with Gasteiger partial charge in [-0.05, 0) is 44.8 Å². The fourth-order valence-electron chi connectivity index (χ4n) is 2.95. The number of fused-ring (bicyclic) bond motifs is 7. The van der Waals surface area contributed by atoms with Gasteiger partial charge in [0.2, 0.25) is 0 Å². The van der Waals surface area contributed by atoms with Crippen LogP contribution in [-0.2, 0) is 0 Å². The molecule has 0 aliphatic rings. The Hall–Kier alpha value is -3.28. The molecule has 0 radical (unpaired) electrons. The highest BCUT2D eigenvalue weighted by molar-refractivity contribution is 6.23. The summed E-state index contributed by atoms with van der Waals surface area (Å²) >= 11 is 0. The summed E-state index contributed by atoms with van der Waals surface area (Å²) in [7, 11) is 0. The van der Waals surface area contributed by atoms with Crippen LogP contribution in [0, 0.1) is 0 Å². The van der Waals surface area contributed by atoms with Crippen LogP contribution in [0.2, 0.25) is 0 Å². The molecule has 0 saturated heterocycles. The molecule has 0 atom stereocenters. The average molecular weight is 284 g/mol. The average Bonchev–Trinajstić information content (AvgIpc) is 2.61. The zero-order valence-corrected chi connectivity index (χ0v) is 11.3. The highest BCUT2D eigenvalue weighted by atomic mass is 15.4. The van der Waals surface area contributed by atoms with Gasteiger partial charge in [0, 0.05) is 10.8 Å². The van der Waals surface area contributed by atoms with E-state index >= 15 is 0 Å². The third-order valence-electron chi connectivity index (χ3n) is 3.93. The van der Waals surface area contributed by atoms with Crippen LogP contribution in [0.3, 0.4) is 0 Å². The maximum Gasteiger partial charge on any atom is 0.144 e. The van der Waals surface area contributed by atoms with Gasteiger partial charge in [0.1, 0.15) is 16.6 Å². The second-order valence-corrected chi connectivity index (χ2v) is 5.11. The van der Waals surface area contributed by atoms with E-state index in [-0.39, 0.29) is 0 Å². The van der Waals surface area contributed by atoms with Gasteiger partial charge in [0.25, 0.3) is 0 Å². The predicted molar refractivity (Wildman–Crippen MR) is 83.2 cm³/mol. The Morgan fingerprint density at radius 1 is 0.591 bits per heavy atom. The van der Waals surface area contributed by atoms with Crippen molar-refractivity contribution in [3.63, 3.8) is 0 Å². The predicted octanol–water partition coefficient (Wildman–Crippen LogP) is 2.67. The van der Waals surface area contributed by atoms with Crippen molar-refractivity contribution in [3.05, 3.63) is 48.7 Å². The van der Waals surface area contributed by atoms with Crippen LogP contribution < -0.4 is 0 Å². The summed E-state index contributed by atoms with van der Waals surface area (Å²) in [4.78, 5) is 0. The summed E-state index contributed by atoms with van der Waals surface area (Å²) in [6.07, 6.45) is 1.69. The molecule has 0 saturated carbocycles. The van der Waals surface area contributed by atoms with Crippen molar-refractivity contribution in [2.45, 2.75) is 0 Å². The third kappa shape index (κ3) is 1.43. The number of aromatic nitrogens is 6. The summed E-state index contributed by atoms with van der Waals surface area (Å²) < 4.78 is 0. The molecule has 0 aliphatic heterocycles. The third-order valence-corrected chi connectivity index (χ3v) is 3.93. The first kappa shape index (κ1) is 11.4. The van der Waals surface area contributed by atoms with Gasteiger partial charge in [-0.15, -0.1) is 15.3 Å². The van der Waals surface area contributed by atoms with Crippen molar-refractivity contribution < 1.29 is 0 Å². The molecule has 0 amide bonds. The molecule has 0 N–H and O–H groups in total. The van der Waals surface area contributed by atoms with Gasteiger partial charge in [-0.25, -0.2) is 0 Å². The number of rotatable bonds is 0. The molecule has 5 rings (SSSR count). The van der Waals surface area contributed by atoms with E-state index in [1.807, 2.05) is 18.2 Å². The highest BCUT2D eigenvalue weighted by Gasteiger charge is 2.13. The van der Waals surface area contributed by atoms with Crippen LogP contribution in [0.1, 0.15) is 0 Å². The molecule has 0 aliphatic carbocycles. The Balaban J connectivity index is 2.17. The Morgan fingerprint density at radius 3 is 2.09 bits per heavy atom. The topological polar surface area (TPSA) is 77.3 Å². The normalized spacial score (nSPS) is 11.6. The quantitative estimate of drug-likeness (QED) is 0.321. The first-order valence-corrected chi connectivity index (χ1v) is 6.83. The number of nitrogens with zero attached hydrogens (tertiary/aromatic N) is 6. The molecular formula is C16H8N6. The van der Waals surface area contributed by atoms with E-state index in [1.165, 1.54) is 5.39 Å². The Labute approximate surface area is 123 Å². The Bertz CT molecular complexity index is 1090. The minimum atomic E-state index is 0.626. The largest absolute Gasteiger partial charge is 0.158 e. The fourth-order valence-corrected chi connectivity index (χ4v) is 2.95. The molecule has 102 valence electrons. The van der Waals surface area contributed by atoms with Gasteiger partial charge < -0.3 is 0 Å². The van der Waals surface area contributed by atoms with Gasteiger partial charge >= 0.3 is 0 Å². The summed E-state index contributed by atoms with van der Waals surface area (Å²) in [5, 5.41) is 29.2. The van der Waals surface area contributed by atoms with Crippen molar-refractivity contribution in [2.75, 3.05) is 0 Å². The molecule has 2 heterocycles. The number of hydrogen-bond acceptors (Lipinski definition) is 6. The van der Waals surface area contributed by atoms with Gasteiger partial charge in [-0.2, -0.15) is 5.10 Å². The standard InChI is InChI=1S/C16H8N6/c1-2-4-10-8-13-12(7-9(10)3-1)11-5-6-17-18-14(11)16-15(13)19-21-22-20-16/h1-8H. The van der Waals surface area contributed by atoms with Gasteiger partial charge in [-0.3, -0.25) is 0 Å². The van der Waals surface area contributed by atoms with Crippen LogP contribution in [0.15, 0.2) is 48.7 Å². The summed E-state index contributed by atoms with van der Waals surface area (Å²) in [5.74, 6) is 0. The van der Waals surface area contributed by atoms with E-state index in [0.717, 1.165) is 21.5 Å². The lowest BCUT2D eigenvalue weighted by Crippen LogP contribution is -1.97. The first-order valence-electron chi connectivity index (χ1n) is 6.83. The van der Waals surface area contributed by atoms with Crippen molar-refractivity contribution >= 4 is 43.5 Å². The fraction of sp³-hybridized carbons (Fsp3) is 0. The van der Waals surface area contributed by atoms with E-state index in [2.05, 4.69) is 55.1 Å². The van der Waals surface area contributed by atoms with Gasteiger partial charge in [0.15, 0.2) is 0 Å². The summed E-state index contributed by atoms with van der Waals surface area (Å²) in [6, 6.07) is 14.4. The van der Waals surface area contributed by atoms with E-state index in [9.17, 15) is 0 Å². The minimum absolute atomic E-state index is 0.626. The molecule has 0 spiro atoms.